The Balaban J connectivity index is 1.98. The lowest BCUT2D eigenvalue weighted by Gasteiger charge is -2.09. The van der Waals surface area contributed by atoms with Crippen LogP contribution in [0.2, 0.25) is 0 Å². The van der Waals surface area contributed by atoms with Crippen LogP contribution in [0.15, 0.2) is 48.5 Å². The van der Waals surface area contributed by atoms with Crippen molar-refractivity contribution in [1.82, 2.24) is 4.57 Å². The van der Waals surface area contributed by atoms with Crippen LogP contribution in [0.3, 0.4) is 0 Å². The third-order valence-corrected chi connectivity index (χ3v) is 4.32. The molecule has 0 saturated carbocycles. The fourth-order valence-corrected chi connectivity index (χ4v) is 2.99. The van der Waals surface area contributed by atoms with Crippen molar-refractivity contribution in [3.63, 3.8) is 0 Å². The van der Waals surface area contributed by atoms with Crippen LogP contribution < -0.4 is 5.32 Å². The Morgan fingerprint density at radius 3 is 2.57 bits per heavy atom. The van der Waals surface area contributed by atoms with Gasteiger partial charge in [0.1, 0.15) is 5.69 Å². The number of carbonyl (C=O) groups excluding carboxylic acids is 1. The highest BCUT2D eigenvalue weighted by Crippen LogP contribution is 2.22. The van der Waals surface area contributed by atoms with E-state index >= 15 is 0 Å². The van der Waals surface area contributed by atoms with Gasteiger partial charge in [-0.2, -0.15) is 0 Å². The quantitative estimate of drug-likeness (QED) is 0.635. The van der Waals surface area contributed by atoms with Gasteiger partial charge in [0.2, 0.25) is 0 Å². The molecule has 23 heavy (non-hydrogen) atoms. The molecule has 0 unspecified atom stereocenters. The summed E-state index contributed by atoms with van der Waals surface area (Å²) in [6, 6.07) is 14.4. The van der Waals surface area contributed by atoms with E-state index in [4.69, 9.17) is 0 Å². The fraction of sp³-hybridized carbons (Fsp3) is 0.0588. The molecule has 6 heteroatoms. The SMILES string of the molecule is Cn1c(C(=O)Nc2ccc(I)cc2C(=O)O)cc2ccccc21. The summed E-state index contributed by atoms with van der Waals surface area (Å²) in [6.45, 7) is 0. The first-order valence-corrected chi connectivity index (χ1v) is 7.94. The molecule has 2 N–H and O–H groups in total. The molecule has 0 spiro atoms. The van der Waals surface area contributed by atoms with Gasteiger partial charge in [0.05, 0.1) is 11.3 Å². The maximum absolute atomic E-state index is 12.5. The first-order chi connectivity index (χ1) is 11.0. The molecule has 1 heterocycles. The average molecular weight is 420 g/mol. The number of para-hydroxylation sites is 1. The number of nitrogens with zero attached hydrogens (tertiary/aromatic N) is 1. The van der Waals surface area contributed by atoms with Crippen molar-refractivity contribution in [1.29, 1.82) is 0 Å². The molecule has 116 valence electrons. The fourth-order valence-electron chi connectivity index (χ4n) is 2.50. The van der Waals surface area contributed by atoms with Gasteiger partial charge in [0, 0.05) is 21.5 Å². The standard InChI is InChI=1S/C17H13IN2O3/c1-20-14-5-3-2-4-10(14)8-15(20)16(21)19-13-7-6-11(18)9-12(13)17(22)23/h2-9H,1H3,(H,19,21)(H,22,23). The van der Waals surface area contributed by atoms with Gasteiger partial charge in [-0.05, 0) is 52.9 Å². The zero-order chi connectivity index (χ0) is 16.6. The van der Waals surface area contributed by atoms with Crippen LogP contribution in [0.5, 0.6) is 0 Å². The number of anilines is 1. The Bertz CT molecular complexity index is 931. The highest BCUT2D eigenvalue weighted by Gasteiger charge is 2.17. The topological polar surface area (TPSA) is 71.3 Å². The minimum atomic E-state index is -1.07. The number of carboxylic acids is 1. The summed E-state index contributed by atoms with van der Waals surface area (Å²) in [6.07, 6.45) is 0. The molecule has 0 aliphatic heterocycles. The largest absolute Gasteiger partial charge is 0.478 e. The van der Waals surface area contributed by atoms with E-state index in [0.717, 1.165) is 14.5 Å². The highest BCUT2D eigenvalue weighted by molar-refractivity contribution is 14.1. The maximum atomic E-state index is 12.5. The van der Waals surface area contributed by atoms with E-state index < -0.39 is 5.97 Å². The Labute approximate surface area is 146 Å². The molecule has 3 aromatic rings. The number of aryl methyl sites for hydroxylation is 1. The summed E-state index contributed by atoms with van der Waals surface area (Å²) in [5.74, 6) is -1.41. The summed E-state index contributed by atoms with van der Waals surface area (Å²) in [7, 11) is 1.81. The van der Waals surface area contributed by atoms with E-state index in [1.807, 2.05) is 53.9 Å². The lowest BCUT2D eigenvalue weighted by Crippen LogP contribution is -2.17. The van der Waals surface area contributed by atoms with E-state index in [1.165, 1.54) is 6.07 Å². The Hall–Kier alpha value is -2.35. The van der Waals surface area contributed by atoms with E-state index in [1.54, 1.807) is 22.8 Å². The normalized spacial score (nSPS) is 10.7. The van der Waals surface area contributed by atoms with Gasteiger partial charge < -0.3 is 15.0 Å². The number of hydrogen-bond donors (Lipinski definition) is 2. The van der Waals surface area contributed by atoms with Crippen molar-refractivity contribution in [2.45, 2.75) is 0 Å². The number of rotatable bonds is 3. The number of carboxylic acid groups (broad SMARTS) is 1. The zero-order valence-corrected chi connectivity index (χ0v) is 14.4. The molecule has 5 nitrogen and oxygen atoms in total. The molecule has 0 atom stereocenters. The van der Waals surface area contributed by atoms with E-state index in [0.29, 0.717) is 5.69 Å². The van der Waals surface area contributed by atoms with Crippen molar-refractivity contribution in [2.75, 3.05) is 5.32 Å². The molecule has 2 aromatic carbocycles. The van der Waals surface area contributed by atoms with Gasteiger partial charge in [-0.3, -0.25) is 4.79 Å². The molecule has 0 bridgehead atoms. The lowest BCUT2D eigenvalue weighted by atomic mass is 10.1. The summed E-state index contributed by atoms with van der Waals surface area (Å²) >= 11 is 2.04. The summed E-state index contributed by atoms with van der Waals surface area (Å²) in [5.41, 5.74) is 1.77. The van der Waals surface area contributed by atoms with E-state index in [2.05, 4.69) is 5.32 Å². The van der Waals surface area contributed by atoms with Crippen molar-refractivity contribution in [2.24, 2.45) is 7.05 Å². The highest BCUT2D eigenvalue weighted by atomic mass is 127. The maximum Gasteiger partial charge on any atom is 0.337 e. The van der Waals surface area contributed by atoms with Crippen LogP contribution in [0.25, 0.3) is 10.9 Å². The molecule has 0 saturated heterocycles. The first kappa shape index (κ1) is 15.5. The van der Waals surface area contributed by atoms with Crippen molar-refractivity contribution in [3.05, 3.63) is 63.4 Å². The minimum absolute atomic E-state index is 0.0732. The number of benzene rings is 2. The van der Waals surface area contributed by atoms with Crippen LogP contribution in [0.1, 0.15) is 20.8 Å². The third kappa shape index (κ3) is 2.94. The second kappa shape index (κ2) is 6.04. The second-order valence-electron chi connectivity index (χ2n) is 5.10. The number of carbonyl (C=O) groups is 2. The van der Waals surface area contributed by atoms with Crippen LogP contribution in [-0.2, 0) is 7.05 Å². The molecule has 0 radical (unpaired) electrons. The summed E-state index contributed by atoms with van der Waals surface area (Å²) < 4.78 is 2.58. The Morgan fingerprint density at radius 2 is 1.87 bits per heavy atom. The minimum Gasteiger partial charge on any atom is -0.478 e. The molecule has 0 aliphatic rings. The average Bonchev–Trinajstić information content (AvgIpc) is 2.86. The first-order valence-electron chi connectivity index (χ1n) is 6.86. The second-order valence-corrected chi connectivity index (χ2v) is 6.34. The molecule has 1 amide bonds. The number of halogens is 1. The monoisotopic (exact) mass is 420 g/mol. The molecular weight excluding hydrogens is 407 g/mol. The van der Waals surface area contributed by atoms with Gasteiger partial charge in [0.15, 0.2) is 0 Å². The number of amides is 1. The van der Waals surface area contributed by atoms with Crippen LogP contribution in [0.4, 0.5) is 5.69 Å². The van der Waals surface area contributed by atoms with Crippen molar-refractivity contribution < 1.29 is 14.7 Å². The van der Waals surface area contributed by atoms with E-state index in [9.17, 15) is 14.7 Å². The molecular formula is C17H13IN2O3. The third-order valence-electron chi connectivity index (χ3n) is 3.64. The van der Waals surface area contributed by atoms with Crippen LogP contribution in [0, 0.1) is 3.57 Å². The van der Waals surface area contributed by atoms with Gasteiger partial charge in [-0.25, -0.2) is 4.79 Å². The number of nitrogens with one attached hydrogen (secondary N) is 1. The molecule has 0 aliphatic carbocycles. The number of aromatic nitrogens is 1. The lowest BCUT2D eigenvalue weighted by molar-refractivity contribution is 0.0698. The molecule has 0 fully saturated rings. The number of fused-ring (bicyclic) bond motifs is 1. The molecule has 3 rings (SSSR count). The Kier molecular flexibility index (Phi) is 4.08. The van der Waals surface area contributed by atoms with Crippen molar-refractivity contribution in [3.8, 4) is 0 Å². The van der Waals surface area contributed by atoms with Gasteiger partial charge in [-0.1, -0.05) is 18.2 Å². The van der Waals surface area contributed by atoms with Gasteiger partial charge >= 0.3 is 5.97 Å². The van der Waals surface area contributed by atoms with Gasteiger partial charge in [-0.15, -0.1) is 0 Å². The predicted molar refractivity (Wildman–Crippen MR) is 97.0 cm³/mol. The number of aromatic carboxylic acids is 1. The smallest absolute Gasteiger partial charge is 0.337 e. The molecule has 1 aromatic heterocycles. The predicted octanol–water partition coefficient (Wildman–Crippen LogP) is 3.73. The Morgan fingerprint density at radius 1 is 1.13 bits per heavy atom. The number of hydrogen-bond acceptors (Lipinski definition) is 2. The summed E-state index contributed by atoms with van der Waals surface area (Å²) in [4.78, 5) is 23.9. The van der Waals surface area contributed by atoms with Gasteiger partial charge in [0.25, 0.3) is 5.91 Å². The van der Waals surface area contributed by atoms with E-state index in [-0.39, 0.29) is 17.2 Å². The van der Waals surface area contributed by atoms with Crippen LogP contribution in [-0.4, -0.2) is 21.6 Å². The summed E-state index contributed by atoms with van der Waals surface area (Å²) in [5, 5.41) is 12.9. The van der Waals surface area contributed by atoms with Crippen LogP contribution >= 0.6 is 22.6 Å². The van der Waals surface area contributed by atoms with Crippen molar-refractivity contribution >= 4 is 51.1 Å². The zero-order valence-electron chi connectivity index (χ0n) is 12.2.